The Bertz CT molecular complexity index is 1190. The third kappa shape index (κ3) is 7.56. The molecule has 2 aliphatic rings. The second kappa shape index (κ2) is 13.7. The maximum absolute atomic E-state index is 13.8. The summed E-state index contributed by atoms with van der Waals surface area (Å²) in [5, 5.41) is 0. The number of ether oxygens (including phenoxy) is 2. The van der Waals surface area contributed by atoms with E-state index in [1.165, 1.54) is 28.9 Å². The molecule has 3 rings (SSSR count). The van der Waals surface area contributed by atoms with Crippen LogP contribution in [0.3, 0.4) is 0 Å². The zero-order valence-electron chi connectivity index (χ0n) is 24.5. The van der Waals surface area contributed by atoms with E-state index >= 15 is 0 Å². The zero-order valence-corrected chi connectivity index (χ0v) is 26.2. The van der Waals surface area contributed by atoms with Gasteiger partial charge in [-0.2, -0.15) is 0 Å². The van der Waals surface area contributed by atoms with Gasteiger partial charge in [-0.25, -0.2) is 13.4 Å². The predicted octanol–water partition coefficient (Wildman–Crippen LogP) is 5.87. The van der Waals surface area contributed by atoms with Crippen LogP contribution in [0.25, 0.3) is 0 Å². The van der Waals surface area contributed by atoms with Crippen LogP contribution >= 0.6 is 11.8 Å². The number of carbonyl (C=O) groups is 2. The molecular weight excluding hydrogens is 548 g/mol. The third-order valence-corrected chi connectivity index (χ3v) is 11.0. The maximum atomic E-state index is 13.8. The molecule has 0 spiro atoms. The fourth-order valence-corrected chi connectivity index (χ4v) is 7.81. The Labute approximate surface area is 243 Å². The van der Waals surface area contributed by atoms with Crippen LogP contribution in [0.2, 0.25) is 0 Å². The van der Waals surface area contributed by atoms with Gasteiger partial charge in [-0.1, -0.05) is 37.8 Å². The van der Waals surface area contributed by atoms with Gasteiger partial charge < -0.3 is 14.4 Å². The highest BCUT2D eigenvalue weighted by atomic mass is 32.2. The van der Waals surface area contributed by atoms with Gasteiger partial charge in [0, 0.05) is 56.2 Å². The number of hydrogen-bond donors (Lipinski definition) is 0. The van der Waals surface area contributed by atoms with E-state index in [0.29, 0.717) is 36.7 Å². The van der Waals surface area contributed by atoms with Crippen molar-refractivity contribution < 1.29 is 27.5 Å². The van der Waals surface area contributed by atoms with Crippen molar-refractivity contribution in [3.05, 3.63) is 40.8 Å². The van der Waals surface area contributed by atoms with Crippen molar-refractivity contribution in [3.8, 4) is 0 Å². The summed E-state index contributed by atoms with van der Waals surface area (Å²) in [6, 6.07) is 3.20. The van der Waals surface area contributed by atoms with Gasteiger partial charge in [0.15, 0.2) is 20.4 Å². The first-order valence-corrected chi connectivity index (χ1v) is 16.5. The minimum atomic E-state index is -4.09. The summed E-state index contributed by atoms with van der Waals surface area (Å²) >= 11 is 1.50. The number of aromatic nitrogens is 1. The van der Waals surface area contributed by atoms with Gasteiger partial charge in [-0.3, -0.25) is 9.59 Å². The Morgan fingerprint density at radius 3 is 2.40 bits per heavy atom. The maximum Gasteiger partial charge on any atom is 0.328 e. The minimum Gasteiger partial charge on any atom is -0.459 e. The lowest BCUT2D eigenvalue weighted by Crippen LogP contribution is -2.53. The van der Waals surface area contributed by atoms with E-state index in [1.54, 1.807) is 26.8 Å². The molecule has 0 saturated carbocycles. The van der Waals surface area contributed by atoms with Gasteiger partial charge in [-0.15, -0.1) is 0 Å². The number of rotatable bonds is 11. The number of allylic oxidation sites excluding steroid dienone is 3. The van der Waals surface area contributed by atoms with Crippen LogP contribution in [0.15, 0.2) is 45.7 Å². The molecule has 1 aromatic heterocycles. The summed E-state index contributed by atoms with van der Waals surface area (Å²) in [6.07, 6.45) is 7.99. The fraction of sp³-hybridized carbons (Fsp3) is 0.633. The molecule has 0 aromatic carbocycles. The second-order valence-corrected chi connectivity index (χ2v) is 15.0. The number of ketones is 1. The SMILES string of the molecule is C=C(S/C(=C\C)CCCC)C(=O)C1CCN(c2ccc(S(=O)(=O)C3(C(=O)OC(C)(C)C)CCOCC3)cn2)CC1. The number of hydrogen-bond acceptors (Lipinski definition) is 9. The summed E-state index contributed by atoms with van der Waals surface area (Å²) < 4.78 is 36.8. The number of piperidine rings is 1. The standard InChI is InChI=1S/C30H44N2O6S2/c1-7-9-10-24(8-2)39-22(3)27(33)23-13-17-32(18-14-23)26-12-11-25(21-31-26)40(35,36)30(15-19-37-20-16-30)28(34)38-29(4,5)6/h8,11-12,21,23H,3,7,9-10,13-20H2,1-2,4-6H3/b24-8-. The topological polar surface area (TPSA) is 103 Å². The molecular formula is C30H44N2O6S2. The first-order valence-electron chi connectivity index (χ1n) is 14.2. The van der Waals surface area contributed by atoms with Crippen LogP contribution in [-0.2, 0) is 28.9 Å². The number of Topliss-reactive ketones (excluding diaryl/α,β-unsaturated/α-hetero) is 1. The molecule has 0 N–H and O–H groups in total. The number of nitrogens with zero attached hydrogens (tertiary/aromatic N) is 2. The number of pyridine rings is 1. The van der Waals surface area contributed by atoms with Gasteiger partial charge in [0.25, 0.3) is 0 Å². The van der Waals surface area contributed by atoms with E-state index in [9.17, 15) is 18.0 Å². The van der Waals surface area contributed by atoms with Crippen molar-refractivity contribution in [3.63, 3.8) is 0 Å². The number of carbonyl (C=O) groups excluding carboxylic acids is 2. The Morgan fingerprint density at radius 1 is 1.23 bits per heavy atom. The first-order chi connectivity index (χ1) is 18.8. The molecule has 2 fully saturated rings. The molecule has 40 heavy (non-hydrogen) atoms. The fourth-order valence-electron chi connectivity index (χ4n) is 5.01. The average molecular weight is 593 g/mol. The molecule has 0 atom stereocenters. The van der Waals surface area contributed by atoms with Crippen LogP contribution in [0.1, 0.15) is 79.6 Å². The molecule has 2 saturated heterocycles. The lowest BCUT2D eigenvalue weighted by molar-refractivity contribution is -0.160. The summed E-state index contributed by atoms with van der Waals surface area (Å²) in [4.78, 5) is 34.6. The molecule has 0 unspecified atom stereocenters. The largest absolute Gasteiger partial charge is 0.459 e. The van der Waals surface area contributed by atoms with Gasteiger partial charge in [0.05, 0.1) is 4.90 Å². The van der Waals surface area contributed by atoms with Crippen molar-refractivity contribution in [1.29, 1.82) is 0 Å². The smallest absolute Gasteiger partial charge is 0.328 e. The molecule has 3 heterocycles. The zero-order chi connectivity index (χ0) is 29.6. The minimum absolute atomic E-state index is 0.00903. The van der Waals surface area contributed by atoms with Crippen molar-refractivity contribution in [2.75, 3.05) is 31.2 Å². The lowest BCUT2D eigenvalue weighted by atomic mass is 9.92. The lowest BCUT2D eigenvalue weighted by Gasteiger charge is -2.36. The number of esters is 1. The second-order valence-electron chi connectivity index (χ2n) is 11.5. The summed E-state index contributed by atoms with van der Waals surface area (Å²) in [5.41, 5.74) is -0.817. The highest BCUT2D eigenvalue weighted by molar-refractivity contribution is 8.07. The molecule has 0 aliphatic carbocycles. The van der Waals surface area contributed by atoms with Crippen molar-refractivity contribution in [2.24, 2.45) is 5.92 Å². The van der Waals surface area contributed by atoms with Gasteiger partial charge >= 0.3 is 5.97 Å². The normalized spacial score (nSPS) is 18.8. The van der Waals surface area contributed by atoms with Crippen LogP contribution in [0, 0.1) is 5.92 Å². The van der Waals surface area contributed by atoms with Crippen LogP contribution in [0.5, 0.6) is 0 Å². The molecule has 2 aliphatic heterocycles. The summed E-state index contributed by atoms with van der Waals surface area (Å²) in [7, 11) is -4.09. The Morgan fingerprint density at radius 2 is 1.88 bits per heavy atom. The number of sulfone groups is 1. The Kier molecular flexibility index (Phi) is 11.0. The van der Waals surface area contributed by atoms with Crippen LogP contribution in [-0.4, -0.2) is 61.8 Å². The molecule has 10 heteroatoms. The van der Waals surface area contributed by atoms with Gasteiger partial charge in [0.2, 0.25) is 0 Å². The molecule has 0 bridgehead atoms. The van der Waals surface area contributed by atoms with E-state index < -0.39 is 26.2 Å². The van der Waals surface area contributed by atoms with Crippen LogP contribution < -0.4 is 4.90 Å². The molecule has 0 radical (unpaired) electrons. The Balaban J connectivity index is 1.67. The molecule has 222 valence electrons. The third-order valence-electron chi connectivity index (χ3n) is 7.43. The monoisotopic (exact) mass is 592 g/mol. The highest BCUT2D eigenvalue weighted by Crippen LogP contribution is 2.38. The molecule has 1 aromatic rings. The van der Waals surface area contributed by atoms with E-state index in [4.69, 9.17) is 9.47 Å². The number of unbranched alkanes of at least 4 members (excludes halogenated alkanes) is 1. The highest BCUT2D eigenvalue weighted by Gasteiger charge is 2.54. The molecule has 8 nitrogen and oxygen atoms in total. The quantitative estimate of drug-likeness (QED) is 0.230. The van der Waals surface area contributed by atoms with Crippen LogP contribution in [0.4, 0.5) is 5.82 Å². The van der Waals surface area contributed by atoms with Crippen molar-refractivity contribution in [2.45, 2.75) is 94.8 Å². The Hall–Kier alpha value is -2.17. The predicted molar refractivity (Wildman–Crippen MR) is 160 cm³/mol. The van der Waals surface area contributed by atoms with Crippen molar-refractivity contribution in [1.82, 2.24) is 4.98 Å². The van der Waals surface area contributed by atoms with E-state index in [1.807, 2.05) is 6.92 Å². The number of anilines is 1. The van der Waals surface area contributed by atoms with E-state index in [-0.39, 0.29) is 42.7 Å². The summed E-state index contributed by atoms with van der Waals surface area (Å²) in [5.74, 6) is -0.0703. The number of thioether (sulfide) groups is 1. The van der Waals surface area contributed by atoms with Crippen molar-refractivity contribution >= 4 is 39.2 Å². The summed E-state index contributed by atoms with van der Waals surface area (Å²) in [6.45, 7) is 15.0. The van der Waals surface area contributed by atoms with Gasteiger partial charge in [-0.05, 0) is 70.4 Å². The average Bonchev–Trinajstić information content (AvgIpc) is 2.94. The van der Waals surface area contributed by atoms with E-state index in [0.717, 1.165) is 19.3 Å². The van der Waals surface area contributed by atoms with Gasteiger partial charge in [0.1, 0.15) is 11.4 Å². The first kappa shape index (κ1) is 32.3. The molecule has 0 amide bonds. The van der Waals surface area contributed by atoms with E-state index in [2.05, 4.69) is 29.5 Å².